The molecule has 2 fully saturated rings. The number of piperidine rings is 1. The lowest BCUT2D eigenvalue weighted by Gasteiger charge is -2.27. The fourth-order valence-electron chi connectivity index (χ4n) is 4.10. The molecule has 0 spiro atoms. The minimum atomic E-state index is -0.655. The van der Waals surface area contributed by atoms with Crippen LogP contribution < -0.4 is 21.2 Å². The maximum absolute atomic E-state index is 12.9. The Bertz CT molecular complexity index is 938. The zero-order chi connectivity index (χ0) is 18.4. The summed E-state index contributed by atoms with van der Waals surface area (Å²) in [6, 6.07) is 5.50. The lowest BCUT2D eigenvalue weighted by atomic mass is 10.1. The number of imidazole rings is 1. The molecule has 1 aromatic heterocycles. The molecule has 0 bridgehead atoms. The van der Waals surface area contributed by atoms with E-state index in [9.17, 15) is 14.4 Å². The summed E-state index contributed by atoms with van der Waals surface area (Å²) in [5.74, 6) is -0.691. The third-order valence-corrected chi connectivity index (χ3v) is 5.57. The van der Waals surface area contributed by atoms with Gasteiger partial charge in [-0.1, -0.05) is 6.07 Å². The Balaban J connectivity index is 1.85. The van der Waals surface area contributed by atoms with Gasteiger partial charge in [-0.05, 0) is 31.5 Å². The summed E-state index contributed by atoms with van der Waals surface area (Å²) in [4.78, 5) is 38.9. The van der Waals surface area contributed by atoms with E-state index in [1.165, 1.54) is 4.57 Å². The number of imide groups is 1. The summed E-state index contributed by atoms with van der Waals surface area (Å²) < 4.78 is 3.13. The smallest absolute Gasteiger partial charge is 0.329 e. The van der Waals surface area contributed by atoms with Crippen molar-refractivity contribution < 1.29 is 9.59 Å². The number of hydrogen-bond acceptors (Lipinski definition) is 5. The van der Waals surface area contributed by atoms with Crippen molar-refractivity contribution in [3.05, 3.63) is 28.7 Å². The number of para-hydroxylation sites is 1. The van der Waals surface area contributed by atoms with E-state index in [4.69, 9.17) is 0 Å². The van der Waals surface area contributed by atoms with Crippen LogP contribution in [0, 0.1) is 0 Å². The summed E-state index contributed by atoms with van der Waals surface area (Å²) in [5, 5.41) is 5.71. The third kappa shape index (κ3) is 2.52. The minimum absolute atomic E-state index is 0.236. The van der Waals surface area contributed by atoms with Crippen LogP contribution in [0.15, 0.2) is 23.0 Å². The summed E-state index contributed by atoms with van der Waals surface area (Å²) in [6.45, 7) is 1.90. The van der Waals surface area contributed by atoms with Crippen molar-refractivity contribution in [3.8, 4) is 0 Å². The fraction of sp³-hybridized carbons (Fsp3) is 0.500. The largest absolute Gasteiger partial charge is 0.369 e. The second kappa shape index (κ2) is 6.28. The van der Waals surface area contributed by atoms with Crippen molar-refractivity contribution in [2.75, 3.05) is 25.0 Å². The average molecular weight is 357 g/mol. The van der Waals surface area contributed by atoms with Gasteiger partial charge in [-0.15, -0.1) is 0 Å². The molecule has 1 aromatic carbocycles. The summed E-state index contributed by atoms with van der Waals surface area (Å²) >= 11 is 0. The van der Waals surface area contributed by atoms with Gasteiger partial charge in [-0.2, -0.15) is 0 Å². The first-order valence-corrected chi connectivity index (χ1v) is 8.96. The number of nitrogens with zero attached hydrogens (tertiary/aromatic N) is 3. The lowest BCUT2D eigenvalue weighted by molar-refractivity contribution is -0.135. The molecule has 0 saturated carbocycles. The van der Waals surface area contributed by atoms with Crippen molar-refractivity contribution in [3.63, 3.8) is 0 Å². The van der Waals surface area contributed by atoms with Gasteiger partial charge in [0.25, 0.3) is 0 Å². The lowest BCUT2D eigenvalue weighted by Crippen LogP contribution is -2.44. The molecule has 8 nitrogen and oxygen atoms in total. The van der Waals surface area contributed by atoms with Gasteiger partial charge in [0, 0.05) is 33.1 Å². The van der Waals surface area contributed by atoms with Crippen molar-refractivity contribution in [1.29, 1.82) is 0 Å². The highest BCUT2D eigenvalue weighted by Gasteiger charge is 2.32. The molecule has 3 heterocycles. The number of carbonyl (C=O) groups is 2. The first kappa shape index (κ1) is 16.8. The van der Waals surface area contributed by atoms with Gasteiger partial charge in [0.2, 0.25) is 11.8 Å². The molecule has 2 amide bonds. The monoisotopic (exact) mass is 357 g/mol. The van der Waals surface area contributed by atoms with Gasteiger partial charge < -0.3 is 10.2 Å². The molecule has 26 heavy (non-hydrogen) atoms. The van der Waals surface area contributed by atoms with Gasteiger partial charge in [0.15, 0.2) is 0 Å². The highest BCUT2D eigenvalue weighted by molar-refractivity contribution is 6.00. The molecule has 0 radical (unpaired) electrons. The van der Waals surface area contributed by atoms with Crippen LogP contribution in [0.1, 0.15) is 25.3 Å². The van der Waals surface area contributed by atoms with Crippen molar-refractivity contribution in [2.45, 2.75) is 31.3 Å². The number of likely N-dealkylation sites (N-methyl/N-ethyl adjacent to an activating group) is 1. The average Bonchev–Trinajstić information content (AvgIpc) is 3.24. The Hall–Kier alpha value is -2.61. The molecule has 2 unspecified atom stereocenters. The Kier molecular flexibility index (Phi) is 4.07. The zero-order valence-electron chi connectivity index (χ0n) is 15.0. The quantitative estimate of drug-likeness (QED) is 0.762. The second-order valence-corrected chi connectivity index (χ2v) is 7.08. The molecule has 138 valence electrons. The van der Waals surface area contributed by atoms with Crippen LogP contribution in [-0.4, -0.2) is 47.1 Å². The van der Waals surface area contributed by atoms with E-state index in [1.807, 2.05) is 25.2 Å². The first-order valence-electron chi connectivity index (χ1n) is 8.96. The number of carbonyl (C=O) groups excluding carboxylic acids is 2. The molecule has 2 aliphatic rings. The third-order valence-electron chi connectivity index (χ3n) is 5.57. The van der Waals surface area contributed by atoms with Crippen LogP contribution in [-0.2, 0) is 16.6 Å². The highest BCUT2D eigenvalue weighted by Crippen LogP contribution is 2.30. The van der Waals surface area contributed by atoms with Crippen LogP contribution in [0.3, 0.4) is 0 Å². The highest BCUT2D eigenvalue weighted by atomic mass is 16.2. The zero-order valence-corrected chi connectivity index (χ0v) is 15.0. The number of anilines is 1. The molecular weight excluding hydrogens is 334 g/mol. The first-order chi connectivity index (χ1) is 12.5. The number of rotatable bonds is 3. The maximum Gasteiger partial charge on any atom is 0.329 e. The maximum atomic E-state index is 12.9. The van der Waals surface area contributed by atoms with E-state index in [0.717, 1.165) is 36.2 Å². The molecule has 4 rings (SSSR count). The number of amides is 2. The Morgan fingerprint density at radius 2 is 2.00 bits per heavy atom. The standard InChI is InChI=1S/C18H23N5O3/c1-21(11-8-9-19-10-11)12-4-3-5-13-16(12)22(2)18(26)23(13)14-6-7-15(24)20-17(14)25/h3-5,11,14,19H,6-10H2,1-2H3,(H,20,24,25). The fourth-order valence-corrected chi connectivity index (χ4v) is 4.10. The predicted octanol–water partition coefficient (Wildman–Crippen LogP) is 0.116. The Morgan fingerprint density at radius 1 is 1.19 bits per heavy atom. The molecular formula is C18H23N5O3. The van der Waals surface area contributed by atoms with Crippen LogP contribution in [0.25, 0.3) is 11.0 Å². The van der Waals surface area contributed by atoms with E-state index in [0.29, 0.717) is 12.5 Å². The molecule has 2 atom stereocenters. The number of aryl methyl sites for hydroxylation is 1. The summed E-state index contributed by atoms with van der Waals surface area (Å²) in [6.07, 6.45) is 1.64. The number of nitrogens with one attached hydrogen (secondary N) is 2. The number of aromatic nitrogens is 2. The predicted molar refractivity (Wildman–Crippen MR) is 98.3 cm³/mol. The Morgan fingerprint density at radius 3 is 2.69 bits per heavy atom. The molecule has 0 aliphatic carbocycles. The molecule has 2 N–H and O–H groups in total. The van der Waals surface area contributed by atoms with Crippen molar-refractivity contribution in [2.24, 2.45) is 7.05 Å². The molecule has 2 aromatic rings. The van der Waals surface area contributed by atoms with Crippen molar-refractivity contribution in [1.82, 2.24) is 19.8 Å². The van der Waals surface area contributed by atoms with Crippen LogP contribution in [0.5, 0.6) is 0 Å². The SMILES string of the molecule is CN(c1cccc2c1n(C)c(=O)n2C1CCC(=O)NC1=O)C1CCNC1. The Labute approximate surface area is 150 Å². The van der Waals surface area contributed by atoms with E-state index >= 15 is 0 Å². The van der Waals surface area contributed by atoms with Gasteiger partial charge in [-0.3, -0.25) is 24.0 Å². The topological polar surface area (TPSA) is 88.4 Å². The normalized spacial score (nSPS) is 23.5. The summed E-state index contributed by atoms with van der Waals surface area (Å²) in [7, 11) is 3.78. The van der Waals surface area contributed by atoms with Gasteiger partial charge in [0.05, 0.1) is 16.7 Å². The number of benzene rings is 1. The molecule has 2 aliphatic heterocycles. The number of fused-ring (bicyclic) bond motifs is 1. The van der Waals surface area contributed by atoms with E-state index in [2.05, 4.69) is 15.5 Å². The van der Waals surface area contributed by atoms with Gasteiger partial charge in [0.1, 0.15) is 6.04 Å². The van der Waals surface area contributed by atoms with Crippen molar-refractivity contribution >= 4 is 28.5 Å². The van der Waals surface area contributed by atoms with Crippen LogP contribution in [0.2, 0.25) is 0 Å². The number of hydrogen-bond donors (Lipinski definition) is 2. The molecule has 2 saturated heterocycles. The van der Waals surface area contributed by atoms with Crippen LogP contribution in [0.4, 0.5) is 5.69 Å². The van der Waals surface area contributed by atoms with Gasteiger partial charge >= 0.3 is 5.69 Å². The van der Waals surface area contributed by atoms with Gasteiger partial charge in [-0.25, -0.2) is 4.79 Å². The van der Waals surface area contributed by atoms with Crippen LogP contribution >= 0.6 is 0 Å². The molecule has 8 heteroatoms. The minimum Gasteiger partial charge on any atom is -0.369 e. The van der Waals surface area contributed by atoms with E-state index in [-0.39, 0.29) is 18.0 Å². The second-order valence-electron chi connectivity index (χ2n) is 7.08. The van der Waals surface area contributed by atoms with E-state index < -0.39 is 11.9 Å². The summed E-state index contributed by atoms with van der Waals surface area (Å²) in [5.41, 5.74) is 2.28. The van der Waals surface area contributed by atoms with E-state index in [1.54, 1.807) is 11.6 Å².